The highest BCUT2D eigenvalue weighted by molar-refractivity contribution is 9.11. The third kappa shape index (κ3) is 2.38. The van der Waals surface area contributed by atoms with E-state index in [1.54, 1.807) is 6.20 Å². The Balaban J connectivity index is 2.55. The summed E-state index contributed by atoms with van der Waals surface area (Å²) in [5.41, 5.74) is 0.923. The molecular weight excluding hydrogens is 343 g/mol. The maximum Gasteiger partial charge on any atom is 0.162 e. The van der Waals surface area contributed by atoms with Gasteiger partial charge in [0.25, 0.3) is 0 Å². The molecule has 0 unspecified atom stereocenters. The molecule has 2 rings (SSSR count). The van der Waals surface area contributed by atoms with Crippen molar-refractivity contribution in [2.75, 3.05) is 0 Å². The standard InChI is InChI=1S/C10H5Br2ClN2/c11-7-4-2-1-3-6(7)10-14-5-8(12)9(13)15-10/h1-5H. The molecule has 0 amide bonds. The van der Waals surface area contributed by atoms with E-state index in [9.17, 15) is 0 Å². The van der Waals surface area contributed by atoms with Crippen molar-refractivity contribution in [3.8, 4) is 11.4 Å². The predicted octanol–water partition coefficient (Wildman–Crippen LogP) is 4.32. The van der Waals surface area contributed by atoms with Crippen molar-refractivity contribution < 1.29 is 0 Å². The van der Waals surface area contributed by atoms with Crippen LogP contribution in [0.25, 0.3) is 11.4 Å². The van der Waals surface area contributed by atoms with Crippen LogP contribution < -0.4 is 0 Å². The molecule has 1 aromatic heterocycles. The summed E-state index contributed by atoms with van der Waals surface area (Å²) in [4.78, 5) is 8.38. The fourth-order valence-electron chi connectivity index (χ4n) is 1.12. The molecule has 1 heterocycles. The summed E-state index contributed by atoms with van der Waals surface area (Å²) >= 11 is 12.6. The number of rotatable bonds is 1. The lowest BCUT2D eigenvalue weighted by molar-refractivity contribution is 1.16. The molecule has 0 atom stereocenters. The molecule has 0 radical (unpaired) electrons. The first-order chi connectivity index (χ1) is 7.18. The Morgan fingerprint density at radius 3 is 2.47 bits per heavy atom. The van der Waals surface area contributed by atoms with Crippen LogP contribution in [0.2, 0.25) is 5.15 Å². The van der Waals surface area contributed by atoms with Gasteiger partial charge in [-0.2, -0.15) is 0 Å². The van der Waals surface area contributed by atoms with Crippen LogP contribution in [-0.2, 0) is 0 Å². The van der Waals surface area contributed by atoms with Gasteiger partial charge in [0, 0.05) is 16.2 Å². The minimum Gasteiger partial charge on any atom is -0.235 e. The number of halogens is 3. The van der Waals surface area contributed by atoms with Crippen LogP contribution in [-0.4, -0.2) is 9.97 Å². The largest absolute Gasteiger partial charge is 0.235 e. The minimum absolute atomic E-state index is 0.413. The van der Waals surface area contributed by atoms with E-state index in [0.717, 1.165) is 10.0 Å². The second-order valence-electron chi connectivity index (χ2n) is 2.81. The third-order valence-corrected chi connectivity index (χ3v) is 3.60. The second-order valence-corrected chi connectivity index (χ2v) is 4.88. The van der Waals surface area contributed by atoms with E-state index in [1.165, 1.54) is 0 Å². The summed E-state index contributed by atoms with van der Waals surface area (Å²) in [7, 11) is 0. The van der Waals surface area contributed by atoms with E-state index in [4.69, 9.17) is 11.6 Å². The lowest BCUT2D eigenvalue weighted by atomic mass is 10.2. The number of hydrogen-bond acceptors (Lipinski definition) is 2. The first-order valence-corrected chi connectivity index (χ1v) is 6.08. The monoisotopic (exact) mass is 346 g/mol. The van der Waals surface area contributed by atoms with Crippen LogP contribution in [0.5, 0.6) is 0 Å². The van der Waals surface area contributed by atoms with Crippen molar-refractivity contribution in [1.82, 2.24) is 9.97 Å². The maximum absolute atomic E-state index is 5.90. The molecule has 2 nitrogen and oxygen atoms in total. The Morgan fingerprint density at radius 2 is 1.80 bits per heavy atom. The van der Waals surface area contributed by atoms with Gasteiger partial charge in [-0.05, 0) is 22.0 Å². The first-order valence-electron chi connectivity index (χ1n) is 4.11. The minimum atomic E-state index is 0.413. The normalized spacial score (nSPS) is 10.3. The molecule has 0 aliphatic rings. The summed E-state index contributed by atoms with van der Waals surface area (Å²) in [6, 6.07) is 7.74. The van der Waals surface area contributed by atoms with Gasteiger partial charge in [-0.3, -0.25) is 0 Å². The zero-order valence-electron chi connectivity index (χ0n) is 7.42. The van der Waals surface area contributed by atoms with Crippen molar-refractivity contribution in [3.05, 3.63) is 44.6 Å². The molecule has 0 spiro atoms. The quantitative estimate of drug-likeness (QED) is 0.717. The molecule has 0 saturated carbocycles. The Morgan fingerprint density at radius 1 is 1.07 bits per heavy atom. The van der Waals surface area contributed by atoms with Crippen LogP contribution in [0.4, 0.5) is 0 Å². The van der Waals surface area contributed by atoms with E-state index in [1.807, 2.05) is 24.3 Å². The fourth-order valence-corrected chi connectivity index (χ4v) is 1.90. The van der Waals surface area contributed by atoms with Crippen LogP contribution >= 0.6 is 43.5 Å². The van der Waals surface area contributed by atoms with E-state index < -0.39 is 0 Å². The van der Waals surface area contributed by atoms with E-state index >= 15 is 0 Å². The Labute approximate surface area is 109 Å². The maximum atomic E-state index is 5.90. The van der Waals surface area contributed by atoms with E-state index in [0.29, 0.717) is 15.5 Å². The fraction of sp³-hybridized carbons (Fsp3) is 0. The topological polar surface area (TPSA) is 25.8 Å². The average molecular weight is 348 g/mol. The van der Waals surface area contributed by atoms with Gasteiger partial charge < -0.3 is 0 Å². The lowest BCUT2D eigenvalue weighted by Gasteiger charge is -2.03. The molecule has 5 heteroatoms. The van der Waals surface area contributed by atoms with Crippen molar-refractivity contribution in [2.45, 2.75) is 0 Å². The van der Waals surface area contributed by atoms with Crippen molar-refractivity contribution in [2.24, 2.45) is 0 Å². The molecule has 2 aromatic rings. The van der Waals surface area contributed by atoms with Gasteiger partial charge >= 0.3 is 0 Å². The molecule has 1 aromatic carbocycles. The summed E-state index contributed by atoms with van der Waals surface area (Å²) in [5, 5.41) is 0.413. The molecule has 0 aliphatic carbocycles. The second kappa shape index (κ2) is 4.60. The number of benzene rings is 1. The van der Waals surface area contributed by atoms with Gasteiger partial charge in [0.2, 0.25) is 0 Å². The van der Waals surface area contributed by atoms with Crippen LogP contribution in [0.1, 0.15) is 0 Å². The molecule has 15 heavy (non-hydrogen) atoms. The predicted molar refractivity (Wildman–Crippen MR) is 67.9 cm³/mol. The Kier molecular flexibility index (Phi) is 3.38. The molecule has 0 saturated heterocycles. The summed E-state index contributed by atoms with van der Waals surface area (Å²) in [5.74, 6) is 0.607. The van der Waals surface area contributed by atoms with Crippen LogP contribution in [0.15, 0.2) is 39.4 Å². The summed E-state index contributed by atoms with van der Waals surface area (Å²) < 4.78 is 1.64. The first kappa shape index (κ1) is 11.0. The van der Waals surface area contributed by atoms with Gasteiger partial charge in [-0.1, -0.05) is 45.7 Å². The zero-order chi connectivity index (χ0) is 10.8. The highest BCUT2D eigenvalue weighted by atomic mass is 79.9. The highest BCUT2D eigenvalue weighted by Crippen LogP contribution is 2.27. The third-order valence-electron chi connectivity index (χ3n) is 1.82. The van der Waals surface area contributed by atoms with Gasteiger partial charge in [0.15, 0.2) is 5.82 Å². The molecule has 0 fully saturated rings. The highest BCUT2D eigenvalue weighted by Gasteiger charge is 2.07. The van der Waals surface area contributed by atoms with E-state index in [2.05, 4.69) is 41.8 Å². The van der Waals surface area contributed by atoms with Crippen molar-refractivity contribution >= 4 is 43.5 Å². The summed E-state index contributed by atoms with van der Waals surface area (Å²) in [6.07, 6.45) is 1.64. The number of hydrogen-bond donors (Lipinski definition) is 0. The molecule has 0 N–H and O–H groups in total. The molecular formula is C10H5Br2ClN2. The SMILES string of the molecule is Clc1nc(-c2ccccc2Br)ncc1Br. The van der Waals surface area contributed by atoms with Crippen molar-refractivity contribution in [3.63, 3.8) is 0 Å². The Bertz CT molecular complexity index is 503. The summed E-state index contributed by atoms with van der Waals surface area (Å²) in [6.45, 7) is 0. The molecule has 0 bridgehead atoms. The lowest BCUT2D eigenvalue weighted by Crippen LogP contribution is -1.90. The zero-order valence-corrected chi connectivity index (χ0v) is 11.3. The number of aromatic nitrogens is 2. The molecule has 76 valence electrons. The van der Waals surface area contributed by atoms with Gasteiger partial charge in [-0.25, -0.2) is 9.97 Å². The average Bonchev–Trinajstić information content (AvgIpc) is 2.23. The van der Waals surface area contributed by atoms with Crippen LogP contribution in [0, 0.1) is 0 Å². The molecule has 0 aliphatic heterocycles. The number of nitrogens with zero attached hydrogens (tertiary/aromatic N) is 2. The Hall–Kier alpha value is -0.450. The smallest absolute Gasteiger partial charge is 0.162 e. The van der Waals surface area contributed by atoms with Gasteiger partial charge in [0.05, 0.1) is 4.47 Å². The van der Waals surface area contributed by atoms with E-state index in [-0.39, 0.29) is 0 Å². The van der Waals surface area contributed by atoms with Gasteiger partial charge in [0.1, 0.15) is 5.15 Å². The van der Waals surface area contributed by atoms with Gasteiger partial charge in [-0.15, -0.1) is 0 Å². The van der Waals surface area contributed by atoms with Crippen molar-refractivity contribution in [1.29, 1.82) is 0 Å². The van der Waals surface area contributed by atoms with Crippen LogP contribution in [0.3, 0.4) is 0 Å².